The average molecular weight is 429 g/mol. The normalized spacial score (nSPS) is 21.5. The first-order chi connectivity index (χ1) is 14.5. The van der Waals surface area contributed by atoms with Crippen molar-refractivity contribution in [3.63, 3.8) is 0 Å². The van der Waals surface area contributed by atoms with Crippen molar-refractivity contribution in [1.82, 2.24) is 0 Å². The van der Waals surface area contributed by atoms with Crippen molar-refractivity contribution in [3.05, 3.63) is 65.8 Å². The lowest BCUT2D eigenvalue weighted by Crippen LogP contribution is -2.49. The van der Waals surface area contributed by atoms with Crippen LogP contribution in [0.4, 0.5) is 0 Å². The third-order valence-electron chi connectivity index (χ3n) is 5.21. The molecule has 0 aromatic heterocycles. The maximum Gasteiger partial charge on any atom is 0.333 e. The van der Waals surface area contributed by atoms with E-state index in [-0.39, 0.29) is 36.8 Å². The van der Waals surface area contributed by atoms with Crippen LogP contribution in [-0.4, -0.2) is 42.0 Å². The number of aliphatic hydroxyl groups is 1. The zero-order valence-corrected chi connectivity index (χ0v) is 18.9. The van der Waals surface area contributed by atoms with Gasteiger partial charge in [0.05, 0.1) is 12.2 Å². The van der Waals surface area contributed by atoms with E-state index in [4.69, 9.17) is 14.2 Å². The Balaban J connectivity index is 2.14. The molecule has 1 aromatic carbocycles. The van der Waals surface area contributed by atoms with Crippen LogP contribution in [0.5, 0.6) is 0 Å². The number of aliphatic hydroxyl groups excluding tert-OH is 1. The van der Waals surface area contributed by atoms with Crippen LogP contribution < -0.4 is 0 Å². The highest BCUT2D eigenvalue weighted by Gasteiger charge is 2.46. The van der Waals surface area contributed by atoms with Crippen molar-refractivity contribution in [2.24, 2.45) is 5.41 Å². The average Bonchev–Trinajstić information content (AvgIpc) is 2.70. The lowest BCUT2D eigenvalue weighted by Gasteiger charge is -2.45. The van der Waals surface area contributed by atoms with Gasteiger partial charge >= 0.3 is 5.97 Å². The number of rotatable bonds is 8. The van der Waals surface area contributed by atoms with Gasteiger partial charge in [-0.05, 0) is 25.3 Å². The van der Waals surface area contributed by atoms with Crippen LogP contribution >= 0.6 is 0 Å². The number of ether oxygens (including phenoxy) is 3. The maximum absolute atomic E-state index is 13.0. The summed E-state index contributed by atoms with van der Waals surface area (Å²) in [6, 6.07) is 8.96. The minimum absolute atomic E-state index is 0.0482. The Bertz CT molecular complexity index is 875. The van der Waals surface area contributed by atoms with Gasteiger partial charge in [0, 0.05) is 17.6 Å². The van der Waals surface area contributed by atoms with Crippen molar-refractivity contribution in [2.45, 2.75) is 52.9 Å². The summed E-state index contributed by atoms with van der Waals surface area (Å²) >= 11 is 0. The zero-order valence-electron chi connectivity index (χ0n) is 18.9. The number of carbonyl (C=O) groups is 2. The Hall–Kier alpha value is -2.70. The van der Waals surface area contributed by atoms with Crippen molar-refractivity contribution >= 4 is 17.5 Å². The van der Waals surface area contributed by atoms with Gasteiger partial charge in [0.25, 0.3) is 0 Å². The number of allylic oxidation sites excluding steroid dienone is 2. The minimum Gasteiger partial charge on any atom is -0.507 e. The molecule has 0 amide bonds. The summed E-state index contributed by atoms with van der Waals surface area (Å²) in [5.74, 6) is -0.726. The Morgan fingerprint density at radius 2 is 1.87 bits per heavy atom. The molecule has 1 aliphatic carbocycles. The molecule has 6 nitrogen and oxygen atoms in total. The Labute approximate surface area is 184 Å². The van der Waals surface area contributed by atoms with Gasteiger partial charge in [0.1, 0.15) is 18.0 Å². The molecule has 2 atom stereocenters. The van der Waals surface area contributed by atoms with Gasteiger partial charge in [-0.1, -0.05) is 63.8 Å². The highest BCUT2D eigenvalue weighted by Crippen LogP contribution is 2.43. The zero-order chi connectivity index (χ0) is 23.2. The molecule has 0 bridgehead atoms. The van der Waals surface area contributed by atoms with E-state index < -0.39 is 23.3 Å². The van der Waals surface area contributed by atoms with Crippen molar-refractivity contribution in [1.29, 1.82) is 0 Å². The summed E-state index contributed by atoms with van der Waals surface area (Å²) in [7, 11) is 0. The molecular weight excluding hydrogens is 396 g/mol. The molecule has 168 valence electrons. The summed E-state index contributed by atoms with van der Waals surface area (Å²) in [6.45, 7) is 13.0. The molecular formula is C25H32O6. The molecule has 31 heavy (non-hydrogen) atoms. The standard InChI is InChI=1S/C25H32O6/c1-17(2)23(28)30-15-14-29-18(3)31-25(24(4,5)6)13-12-20(21(26)16-25)22(27)19-10-8-7-9-11-19/h7-13,18,27H,1,14-16H2,2-6H3. The first-order valence-electron chi connectivity index (χ1n) is 10.3. The number of Topliss-reactive ketones (excluding diaryl/α,β-unsaturated/α-hetero) is 1. The Morgan fingerprint density at radius 1 is 1.23 bits per heavy atom. The number of carbonyl (C=O) groups excluding carboxylic acids is 2. The van der Waals surface area contributed by atoms with Crippen LogP contribution in [0.25, 0.3) is 5.76 Å². The second kappa shape index (κ2) is 10.1. The summed E-state index contributed by atoms with van der Waals surface area (Å²) in [6.07, 6.45) is 2.87. The van der Waals surface area contributed by atoms with E-state index in [2.05, 4.69) is 6.58 Å². The van der Waals surface area contributed by atoms with E-state index in [1.165, 1.54) is 0 Å². The maximum atomic E-state index is 13.0. The molecule has 0 aliphatic heterocycles. The minimum atomic E-state index is -0.918. The van der Waals surface area contributed by atoms with Crippen LogP contribution in [-0.2, 0) is 23.8 Å². The van der Waals surface area contributed by atoms with Crippen molar-refractivity contribution in [2.75, 3.05) is 13.2 Å². The third kappa shape index (κ3) is 6.15. The second-order valence-corrected chi connectivity index (χ2v) is 8.67. The number of esters is 1. The molecule has 1 N–H and O–H groups in total. The fraction of sp³-hybridized carbons (Fsp3) is 0.440. The predicted molar refractivity (Wildman–Crippen MR) is 119 cm³/mol. The smallest absolute Gasteiger partial charge is 0.333 e. The SMILES string of the molecule is C=C(C)C(=O)OCCOC(C)OC1(C(C)(C)C)C=CC(=C(O)c2ccccc2)C(=O)C1. The van der Waals surface area contributed by atoms with Gasteiger partial charge in [0.15, 0.2) is 12.1 Å². The Morgan fingerprint density at radius 3 is 2.42 bits per heavy atom. The van der Waals surface area contributed by atoms with E-state index in [9.17, 15) is 14.7 Å². The number of benzene rings is 1. The fourth-order valence-corrected chi connectivity index (χ4v) is 3.24. The first kappa shape index (κ1) is 24.6. The summed E-state index contributed by atoms with van der Waals surface area (Å²) in [5.41, 5.74) is -0.171. The van der Waals surface area contributed by atoms with Gasteiger partial charge in [-0.25, -0.2) is 4.79 Å². The van der Waals surface area contributed by atoms with Crippen molar-refractivity contribution in [3.8, 4) is 0 Å². The highest BCUT2D eigenvalue weighted by atomic mass is 16.7. The lowest BCUT2D eigenvalue weighted by atomic mass is 9.70. The topological polar surface area (TPSA) is 82.1 Å². The van der Waals surface area contributed by atoms with E-state index in [1.54, 1.807) is 44.2 Å². The molecule has 0 saturated heterocycles. The first-order valence-corrected chi connectivity index (χ1v) is 10.3. The second-order valence-electron chi connectivity index (χ2n) is 8.67. The summed E-state index contributed by atoms with van der Waals surface area (Å²) in [5, 5.41) is 10.6. The molecule has 2 unspecified atom stereocenters. The van der Waals surface area contributed by atoms with Crippen LogP contribution in [0, 0.1) is 5.41 Å². The van der Waals surface area contributed by atoms with Gasteiger partial charge in [-0.3, -0.25) is 4.79 Å². The summed E-state index contributed by atoms with van der Waals surface area (Å²) < 4.78 is 16.9. The van der Waals surface area contributed by atoms with Crippen molar-refractivity contribution < 1.29 is 28.9 Å². The molecule has 1 aromatic rings. The number of ketones is 1. The van der Waals surface area contributed by atoms with Gasteiger partial charge in [-0.15, -0.1) is 0 Å². The van der Waals surface area contributed by atoms with E-state index in [0.29, 0.717) is 11.1 Å². The van der Waals surface area contributed by atoms with Gasteiger partial charge < -0.3 is 19.3 Å². The number of hydrogen-bond acceptors (Lipinski definition) is 6. The fourth-order valence-electron chi connectivity index (χ4n) is 3.24. The molecule has 0 fully saturated rings. The molecule has 2 rings (SSSR count). The highest BCUT2D eigenvalue weighted by molar-refractivity contribution is 6.05. The molecule has 0 saturated carbocycles. The monoisotopic (exact) mass is 428 g/mol. The van der Waals surface area contributed by atoms with Gasteiger partial charge in [-0.2, -0.15) is 0 Å². The summed E-state index contributed by atoms with van der Waals surface area (Å²) in [4.78, 5) is 24.4. The lowest BCUT2D eigenvalue weighted by molar-refractivity contribution is -0.220. The van der Waals surface area contributed by atoms with Crippen LogP contribution in [0.1, 0.15) is 46.6 Å². The molecule has 1 aliphatic rings. The van der Waals surface area contributed by atoms with E-state index in [0.717, 1.165) is 0 Å². The Kier molecular flexibility index (Phi) is 7.98. The molecule has 0 radical (unpaired) electrons. The molecule has 0 spiro atoms. The molecule has 6 heteroatoms. The van der Waals surface area contributed by atoms with Crippen LogP contribution in [0.2, 0.25) is 0 Å². The van der Waals surface area contributed by atoms with Crippen LogP contribution in [0.15, 0.2) is 60.2 Å². The molecule has 0 heterocycles. The van der Waals surface area contributed by atoms with Crippen LogP contribution in [0.3, 0.4) is 0 Å². The van der Waals surface area contributed by atoms with E-state index >= 15 is 0 Å². The largest absolute Gasteiger partial charge is 0.507 e. The quantitative estimate of drug-likeness (QED) is 0.211. The van der Waals surface area contributed by atoms with E-state index in [1.807, 2.05) is 32.9 Å². The van der Waals surface area contributed by atoms with Gasteiger partial charge in [0.2, 0.25) is 0 Å². The third-order valence-corrected chi connectivity index (χ3v) is 5.21. The predicted octanol–water partition coefficient (Wildman–Crippen LogP) is 4.77. The number of hydrogen-bond donors (Lipinski definition) is 1.